The summed E-state index contributed by atoms with van der Waals surface area (Å²) >= 11 is 0. The van der Waals surface area contributed by atoms with E-state index in [-0.39, 0.29) is 11.4 Å². The van der Waals surface area contributed by atoms with Gasteiger partial charge in [0.25, 0.3) is 0 Å². The van der Waals surface area contributed by atoms with E-state index in [4.69, 9.17) is 9.47 Å². The molecule has 1 saturated heterocycles. The topological polar surface area (TPSA) is 35.5 Å². The molecule has 190 valence electrons. The second kappa shape index (κ2) is 8.22. The van der Waals surface area contributed by atoms with E-state index in [1.165, 1.54) is 69.6 Å². The van der Waals surface area contributed by atoms with Crippen molar-refractivity contribution in [1.29, 1.82) is 0 Å². The normalized spacial score (nSPS) is 47.2. The zero-order valence-corrected chi connectivity index (χ0v) is 22.7. The molecule has 3 heteroatoms. The summed E-state index contributed by atoms with van der Waals surface area (Å²) in [7, 11) is 1.53. The summed E-state index contributed by atoms with van der Waals surface area (Å²) in [6, 6.07) is 0. The lowest BCUT2D eigenvalue weighted by molar-refractivity contribution is -0.149. The molecule has 34 heavy (non-hydrogen) atoms. The van der Waals surface area contributed by atoms with Crippen LogP contribution in [0.2, 0.25) is 0 Å². The minimum absolute atomic E-state index is 0.0578. The van der Waals surface area contributed by atoms with E-state index >= 15 is 0 Å². The largest absolute Gasteiger partial charge is 0.469 e. The SMILES string of the molecule is C=C1CO[C@@H]2C[C@@H]3[C@]4(CC[C@]5(C)[C@@H]([C@H](C)CCC=C(C)C)CC[C@@]35C)C[C@]4(CCC(=O)OC)C12. The first-order chi connectivity index (χ1) is 16.0. The van der Waals surface area contributed by atoms with Gasteiger partial charge in [0, 0.05) is 12.3 Å². The molecular weight excluding hydrogens is 420 g/mol. The van der Waals surface area contributed by atoms with E-state index in [0.29, 0.717) is 40.6 Å². The average Bonchev–Trinajstić information content (AvgIpc) is 3.17. The van der Waals surface area contributed by atoms with Gasteiger partial charge in [-0.25, -0.2) is 0 Å². The summed E-state index contributed by atoms with van der Waals surface area (Å²) in [4.78, 5) is 12.2. The van der Waals surface area contributed by atoms with E-state index in [9.17, 15) is 4.79 Å². The molecule has 0 aromatic rings. The Hall–Kier alpha value is -1.09. The molecule has 0 aromatic carbocycles. The quantitative estimate of drug-likeness (QED) is 0.286. The van der Waals surface area contributed by atoms with Crippen LogP contribution in [0.5, 0.6) is 0 Å². The van der Waals surface area contributed by atoms with Crippen molar-refractivity contribution in [2.24, 2.45) is 45.3 Å². The Kier molecular flexibility index (Phi) is 5.95. The van der Waals surface area contributed by atoms with Gasteiger partial charge in [0.15, 0.2) is 0 Å². The molecule has 1 unspecified atom stereocenters. The van der Waals surface area contributed by atoms with Crippen molar-refractivity contribution in [3.63, 3.8) is 0 Å². The number of carbonyl (C=O) groups is 1. The van der Waals surface area contributed by atoms with Crippen LogP contribution in [0.25, 0.3) is 0 Å². The Morgan fingerprint density at radius 1 is 1.24 bits per heavy atom. The minimum atomic E-state index is -0.0578. The number of fused-ring (bicyclic) bond motifs is 4. The Bertz CT molecular complexity index is 885. The van der Waals surface area contributed by atoms with Crippen molar-refractivity contribution >= 4 is 5.97 Å². The van der Waals surface area contributed by atoms with Crippen molar-refractivity contribution in [2.75, 3.05) is 13.7 Å². The molecule has 4 saturated carbocycles. The number of rotatable bonds is 7. The summed E-state index contributed by atoms with van der Waals surface area (Å²) < 4.78 is 11.5. The summed E-state index contributed by atoms with van der Waals surface area (Å²) in [6.07, 6.45) is 14.7. The van der Waals surface area contributed by atoms with Gasteiger partial charge in [-0.1, -0.05) is 39.0 Å². The van der Waals surface area contributed by atoms with Gasteiger partial charge in [-0.05, 0) is 117 Å². The summed E-state index contributed by atoms with van der Waals surface area (Å²) in [5.41, 5.74) is 4.10. The molecule has 0 bridgehead atoms. The van der Waals surface area contributed by atoms with Crippen LogP contribution in [-0.4, -0.2) is 25.8 Å². The number of hydrogen-bond donors (Lipinski definition) is 0. The molecule has 1 aliphatic heterocycles. The molecule has 4 aliphatic carbocycles. The minimum Gasteiger partial charge on any atom is -0.469 e. The fourth-order valence-corrected chi connectivity index (χ4v) is 10.5. The van der Waals surface area contributed by atoms with E-state index in [2.05, 4.69) is 47.3 Å². The Balaban J connectivity index is 1.44. The first kappa shape index (κ1) is 24.6. The lowest BCUT2D eigenvalue weighted by atomic mass is 9.43. The third-order valence-corrected chi connectivity index (χ3v) is 12.3. The molecule has 5 fully saturated rings. The van der Waals surface area contributed by atoms with Crippen molar-refractivity contribution < 1.29 is 14.3 Å². The first-order valence-corrected chi connectivity index (χ1v) is 14.0. The fourth-order valence-electron chi connectivity index (χ4n) is 10.5. The van der Waals surface area contributed by atoms with Crippen molar-refractivity contribution in [2.45, 2.75) is 105 Å². The first-order valence-electron chi connectivity index (χ1n) is 14.0. The molecule has 0 radical (unpaired) electrons. The highest BCUT2D eigenvalue weighted by Gasteiger charge is 2.82. The van der Waals surface area contributed by atoms with E-state index in [0.717, 1.165) is 24.9 Å². The lowest BCUT2D eigenvalue weighted by Crippen LogP contribution is -2.56. The van der Waals surface area contributed by atoms with Gasteiger partial charge >= 0.3 is 5.97 Å². The van der Waals surface area contributed by atoms with Crippen LogP contribution < -0.4 is 0 Å². The highest BCUT2D eigenvalue weighted by Crippen LogP contribution is 2.88. The molecule has 0 aromatic heterocycles. The van der Waals surface area contributed by atoms with Gasteiger partial charge in [-0.15, -0.1) is 0 Å². The number of hydrogen-bond acceptors (Lipinski definition) is 3. The molecule has 1 spiro atoms. The van der Waals surface area contributed by atoms with E-state index in [1.54, 1.807) is 0 Å². The third kappa shape index (κ3) is 3.20. The monoisotopic (exact) mass is 468 g/mol. The van der Waals surface area contributed by atoms with Gasteiger partial charge in [-0.2, -0.15) is 0 Å². The standard InChI is InChI=1S/C31H48O3/c1-20(2)9-8-10-21(3)23-11-13-29(6)25-17-24-27(22(4)18-34-24)31(14-12-26(32)33-7)19-30(25,31)16-15-28(23,29)5/h9,21,23-25,27H,4,8,10-19H2,1-3,5-7H3/t21-,23-,24-,25+,27?,28-,29+,30+,31-/m1/s1. The highest BCUT2D eigenvalue weighted by molar-refractivity contribution is 5.69. The number of ether oxygens (including phenoxy) is 2. The highest BCUT2D eigenvalue weighted by atomic mass is 16.5. The maximum Gasteiger partial charge on any atom is 0.305 e. The third-order valence-electron chi connectivity index (χ3n) is 12.3. The van der Waals surface area contributed by atoms with Crippen LogP contribution in [-0.2, 0) is 14.3 Å². The van der Waals surface area contributed by atoms with Crippen LogP contribution in [0.3, 0.4) is 0 Å². The predicted octanol–water partition coefficient (Wildman–Crippen LogP) is 7.51. The molecule has 0 N–H and O–H groups in total. The maximum atomic E-state index is 12.2. The molecule has 3 nitrogen and oxygen atoms in total. The number of esters is 1. The summed E-state index contributed by atoms with van der Waals surface area (Å²) in [5, 5.41) is 0. The Morgan fingerprint density at radius 3 is 2.71 bits per heavy atom. The van der Waals surface area contributed by atoms with E-state index < -0.39 is 0 Å². The number of methoxy groups -OCH3 is 1. The van der Waals surface area contributed by atoms with Crippen LogP contribution in [0.4, 0.5) is 0 Å². The van der Waals surface area contributed by atoms with E-state index in [1.807, 2.05) is 0 Å². The lowest BCUT2D eigenvalue weighted by Gasteiger charge is -2.61. The van der Waals surface area contributed by atoms with Gasteiger partial charge in [0.2, 0.25) is 0 Å². The Morgan fingerprint density at radius 2 is 2.00 bits per heavy atom. The van der Waals surface area contributed by atoms with Crippen molar-refractivity contribution in [3.8, 4) is 0 Å². The van der Waals surface area contributed by atoms with Crippen LogP contribution in [0.1, 0.15) is 98.8 Å². The molecule has 0 amide bonds. The van der Waals surface area contributed by atoms with Crippen LogP contribution in [0.15, 0.2) is 23.8 Å². The second-order valence-electron chi connectivity index (χ2n) is 13.7. The molecule has 5 rings (SSSR count). The van der Waals surface area contributed by atoms with Gasteiger partial charge in [-0.3, -0.25) is 4.79 Å². The van der Waals surface area contributed by atoms with Gasteiger partial charge in [0.05, 0.1) is 19.8 Å². The molecular formula is C31H48O3. The molecule has 5 aliphatic rings. The maximum absolute atomic E-state index is 12.2. The number of allylic oxidation sites excluding steroid dienone is 2. The zero-order chi connectivity index (χ0) is 24.5. The smallest absolute Gasteiger partial charge is 0.305 e. The van der Waals surface area contributed by atoms with Crippen molar-refractivity contribution in [1.82, 2.24) is 0 Å². The van der Waals surface area contributed by atoms with Crippen LogP contribution in [0, 0.1) is 45.3 Å². The van der Waals surface area contributed by atoms with Crippen LogP contribution >= 0.6 is 0 Å². The number of carbonyl (C=O) groups excluding carboxylic acids is 1. The molecule has 1 heterocycles. The second-order valence-corrected chi connectivity index (χ2v) is 13.7. The summed E-state index contributed by atoms with van der Waals surface area (Å²) in [5.74, 6) is 2.69. The fraction of sp³-hybridized carbons (Fsp3) is 0.839. The van der Waals surface area contributed by atoms with Gasteiger partial charge < -0.3 is 9.47 Å². The predicted molar refractivity (Wildman–Crippen MR) is 137 cm³/mol. The van der Waals surface area contributed by atoms with Crippen molar-refractivity contribution in [3.05, 3.63) is 23.8 Å². The Labute approximate surface area is 208 Å². The van der Waals surface area contributed by atoms with Gasteiger partial charge in [0.1, 0.15) is 0 Å². The average molecular weight is 469 g/mol. The zero-order valence-electron chi connectivity index (χ0n) is 22.7. The molecule has 9 atom stereocenters. The summed E-state index contributed by atoms with van der Waals surface area (Å²) in [6.45, 7) is 17.5.